The lowest BCUT2D eigenvalue weighted by atomic mass is 9.33. The first-order valence-corrected chi connectivity index (χ1v) is 21.8. The summed E-state index contributed by atoms with van der Waals surface area (Å²) in [5.74, 6) is 0. The Kier molecular flexibility index (Phi) is 7.77. The molecule has 0 unspecified atom stereocenters. The summed E-state index contributed by atoms with van der Waals surface area (Å²) in [6.45, 7) is 26.2. The SMILES string of the molecule is Cc1cc2c3c(c1)N(c1cccc4sc5ccccc5c14)c1cc4c(cc1B3c1cc(C(C)(C)C)ccc1N2c1ccc(C(C)(C)C)cc1)C(C)(C)CCC4(C)C. The molecule has 0 spiro atoms. The highest BCUT2D eigenvalue weighted by Crippen LogP contribution is 2.52. The van der Waals surface area contributed by atoms with Gasteiger partial charge >= 0.3 is 0 Å². The van der Waals surface area contributed by atoms with Gasteiger partial charge in [-0.25, -0.2) is 0 Å². The van der Waals surface area contributed by atoms with Crippen LogP contribution in [0.5, 0.6) is 0 Å². The van der Waals surface area contributed by atoms with E-state index in [1.54, 1.807) is 0 Å². The highest BCUT2D eigenvalue weighted by Gasteiger charge is 2.47. The van der Waals surface area contributed by atoms with Crippen LogP contribution < -0.4 is 26.2 Å². The van der Waals surface area contributed by atoms with E-state index in [2.05, 4.69) is 195 Å². The molecule has 0 radical (unpaired) electrons. The van der Waals surface area contributed by atoms with Crippen LogP contribution >= 0.6 is 11.3 Å². The Morgan fingerprint density at radius 2 is 1.14 bits per heavy atom. The molecule has 0 atom stereocenters. The number of benzene rings is 6. The standard InChI is InChI=1S/C53H55BN2S/c1-32-27-44-49-45(28-32)56(42-16-14-18-47-48(42)36-15-12-13-17-46(36)57-47)43-31-38-37(52(8,9)25-26-53(38,10)11)30-40(43)54(49)39-29-34(51(5,6)7)21-24-41(39)55(44)35-22-19-33(20-23-35)50(2,3)4/h12-24,27-31H,25-26H2,1-11H3. The minimum absolute atomic E-state index is 0.00561. The van der Waals surface area contributed by atoms with Gasteiger partial charge in [0.15, 0.2) is 0 Å². The number of nitrogens with zero attached hydrogens (tertiary/aromatic N) is 2. The number of rotatable bonds is 2. The van der Waals surface area contributed by atoms with Crippen molar-refractivity contribution in [3.63, 3.8) is 0 Å². The van der Waals surface area contributed by atoms with Gasteiger partial charge in [0.25, 0.3) is 6.71 Å². The molecule has 0 bridgehead atoms. The molecular weight excluding hydrogens is 707 g/mol. The summed E-state index contributed by atoms with van der Waals surface area (Å²) in [5, 5.41) is 2.68. The predicted octanol–water partition coefficient (Wildman–Crippen LogP) is 13.4. The third-order valence-corrected chi connectivity index (χ3v) is 14.8. The molecule has 1 aromatic heterocycles. The first kappa shape index (κ1) is 36.5. The number of hydrogen-bond donors (Lipinski definition) is 0. The van der Waals surface area contributed by atoms with E-state index in [0.717, 1.165) is 0 Å². The lowest BCUT2D eigenvalue weighted by Crippen LogP contribution is -2.62. The van der Waals surface area contributed by atoms with Gasteiger partial charge in [0.05, 0.1) is 5.69 Å². The minimum atomic E-state index is 0.00561. The van der Waals surface area contributed by atoms with Crippen molar-refractivity contribution in [3.8, 4) is 0 Å². The van der Waals surface area contributed by atoms with Crippen molar-refractivity contribution in [2.45, 2.75) is 111 Å². The molecule has 2 nitrogen and oxygen atoms in total. The number of anilines is 6. The number of hydrogen-bond acceptors (Lipinski definition) is 3. The molecule has 57 heavy (non-hydrogen) atoms. The molecule has 0 amide bonds. The van der Waals surface area contributed by atoms with Crippen LogP contribution in [0, 0.1) is 6.92 Å². The maximum atomic E-state index is 2.68. The summed E-state index contributed by atoms with van der Waals surface area (Å²) >= 11 is 1.91. The van der Waals surface area contributed by atoms with Gasteiger partial charge in [-0.1, -0.05) is 124 Å². The fraction of sp³-hybridized carbons (Fsp3) is 0.321. The van der Waals surface area contributed by atoms with Crippen LogP contribution in [0.3, 0.4) is 0 Å². The van der Waals surface area contributed by atoms with Gasteiger partial charge in [-0.15, -0.1) is 11.3 Å². The molecule has 0 saturated heterocycles. The third-order valence-electron chi connectivity index (χ3n) is 13.7. The predicted molar refractivity (Wildman–Crippen MR) is 251 cm³/mol. The third kappa shape index (κ3) is 5.49. The number of thiophene rings is 1. The van der Waals surface area contributed by atoms with E-state index in [1.807, 2.05) is 11.3 Å². The van der Waals surface area contributed by atoms with Gasteiger partial charge in [0.1, 0.15) is 0 Å². The Labute approximate surface area is 344 Å². The molecule has 1 aliphatic carbocycles. The minimum Gasteiger partial charge on any atom is -0.311 e. The van der Waals surface area contributed by atoms with Crippen molar-refractivity contribution in [2.75, 3.05) is 9.80 Å². The summed E-state index contributed by atoms with van der Waals surface area (Å²) < 4.78 is 2.67. The molecular formula is C53H55BN2S. The molecule has 0 N–H and O–H groups in total. The normalized spacial score (nSPS) is 16.7. The van der Waals surface area contributed by atoms with Crippen LogP contribution in [0.15, 0.2) is 109 Å². The Balaban J connectivity index is 1.35. The van der Waals surface area contributed by atoms with Crippen LogP contribution in [0.2, 0.25) is 0 Å². The summed E-state index contributed by atoms with van der Waals surface area (Å²) in [7, 11) is 0. The molecule has 286 valence electrons. The molecule has 0 saturated carbocycles. The Morgan fingerprint density at radius 3 is 1.82 bits per heavy atom. The summed E-state index contributed by atoms with van der Waals surface area (Å²) in [6, 6.07) is 43.0. The van der Waals surface area contributed by atoms with Crippen molar-refractivity contribution >= 4 is 88.7 Å². The summed E-state index contributed by atoms with van der Waals surface area (Å²) in [6.07, 6.45) is 2.37. The van der Waals surface area contributed by atoms with Crippen LogP contribution in [0.4, 0.5) is 34.1 Å². The fourth-order valence-electron chi connectivity index (χ4n) is 10.3. The molecule has 3 aliphatic rings. The molecule has 10 rings (SSSR count). The van der Waals surface area contributed by atoms with Crippen LogP contribution in [0.25, 0.3) is 20.2 Å². The van der Waals surface area contributed by atoms with Gasteiger partial charge in [-0.3, -0.25) is 0 Å². The maximum absolute atomic E-state index is 2.68. The quantitative estimate of drug-likeness (QED) is 0.162. The van der Waals surface area contributed by atoms with Crippen molar-refractivity contribution < 1.29 is 0 Å². The number of aryl methyl sites for hydroxylation is 1. The highest BCUT2D eigenvalue weighted by atomic mass is 32.1. The summed E-state index contributed by atoms with van der Waals surface area (Å²) in [4.78, 5) is 5.25. The van der Waals surface area contributed by atoms with Crippen molar-refractivity contribution in [3.05, 3.63) is 137 Å². The fourth-order valence-corrected chi connectivity index (χ4v) is 11.4. The lowest BCUT2D eigenvalue weighted by Gasteiger charge is -2.47. The lowest BCUT2D eigenvalue weighted by molar-refractivity contribution is 0.332. The monoisotopic (exact) mass is 762 g/mol. The Morgan fingerprint density at radius 1 is 0.544 bits per heavy atom. The maximum Gasteiger partial charge on any atom is 0.252 e. The molecule has 0 fully saturated rings. The topological polar surface area (TPSA) is 6.48 Å². The largest absolute Gasteiger partial charge is 0.311 e. The molecule has 6 aromatic carbocycles. The van der Waals surface area contributed by atoms with E-state index in [4.69, 9.17) is 0 Å². The zero-order valence-electron chi connectivity index (χ0n) is 35.7. The van der Waals surface area contributed by atoms with Crippen LogP contribution in [0.1, 0.15) is 110 Å². The van der Waals surface area contributed by atoms with E-state index in [1.165, 1.54) is 111 Å². The molecule has 2 aliphatic heterocycles. The highest BCUT2D eigenvalue weighted by molar-refractivity contribution is 7.26. The zero-order valence-corrected chi connectivity index (χ0v) is 36.5. The van der Waals surface area contributed by atoms with Crippen molar-refractivity contribution in [1.82, 2.24) is 0 Å². The molecule has 7 aromatic rings. The first-order valence-electron chi connectivity index (χ1n) is 21.0. The van der Waals surface area contributed by atoms with Gasteiger partial charge in [-0.05, 0) is 140 Å². The number of fused-ring (bicyclic) bond motifs is 8. The van der Waals surface area contributed by atoms with E-state index in [-0.39, 0.29) is 28.4 Å². The zero-order chi connectivity index (χ0) is 40.0. The van der Waals surface area contributed by atoms with Gasteiger partial charge in [-0.2, -0.15) is 0 Å². The second-order valence-electron chi connectivity index (χ2n) is 20.6. The van der Waals surface area contributed by atoms with Crippen LogP contribution in [-0.2, 0) is 21.7 Å². The van der Waals surface area contributed by atoms with E-state index in [0.29, 0.717) is 0 Å². The second kappa shape index (κ2) is 12.1. The summed E-state index contributed by atoms with van der Waals surface area (Å²) in [5.41, 5.74) is 19.1. The Hall–Kier alpha value is -4.80. The average Bonchev–Trinajstić information content (AvgIpc) is 3.54. The molecule has 4 heteroatoms. The van der Waals surface area contributed by atoms with Gasteiger partial charge in [0.2, 0.25) is 0 Å². The first-order chi connectivity index (χ1) is 26.9. The smallest absolute Gasteiger partial charge is 0.252 e. The van der Waals surface area contributed by atoms with Gasteiger partial charge < -0.3 is 9.80 Å². The van der Waals surface area contributed by atoms with Gasteiger partial charge in [0, 0.05) is 48.6 Å². The second-order valence-corrected chi connectivity index (χ2v) is 21.7. The average molecular weight is 763 g/mol. The van der Waals surface area contributed by atoms with E-state index >= 15 is 0 Å². The van der Waals surface area contributed by atoms with Crippen LogP contribution in [-0.4, -0.2) is 6.71 Å². The molecule has 3 heterocycles. The van der Waals surface area contributed by atoms with E-state index < -0.39 is 0 Å². The van der Waals surface area contributed by atoms with Crippen molar-refractivity contribution in [1.29, 1.82) is 0 Å². The Bertz CT molecular complexity index is 2790. The van der Waals surface area contributed by atoms with E-state index in [9.17, 15) is 0 Å². The van der Waals surface area contributed by atoms with Crippen molar-refractivity contribution in [2.24, 2.45) is 0 Å².